The van der Waals surface area contributed by atoms with E-state index in [2.05, 4.69) is 37.2 Å². The van der Waals surface area contributed by atoms with Gasteiger partial charge in [0, 0.05) is 27.2 Å². The second-order valence-corrected chi connectivity index (χ2v) is 26.3. The highest BCUT2D eigenvalue weighted by molar-refractivity contribution is 14.1. The van der Waals surface area contributed by atoms with Crippen LogP contribution in [0.15, 0.2) is 78.9 Å². The maximum absolute atomic E-state index is 15.8. The molecule has 478 valence electrons. The van der Waals surface area contributed by atoms with E-state index >= 15 is 19.2 Å². The Hall–Kier alpha value is -7.34. The van der Waals surface area contributed by atoms with Crippen LogP contribution in [-0.4, -0.2) is 131 Å². The molecule has 27 nitrogen and oxygen atoms in total. The van der Waals surface area contributed by atoms with Crippen molar-refractivity contribution in [2.24, 2.45) is 17.4 Å². The number of rotatable bonds is 10. The first-order valence-corrected chi connectivity index (χ1v) is 30.7. The molecule has 1 unspecified atom stereocenters. The largest absolute Gasteiger partial charge is 0.508 e. The van der Waals surface area contributed by atoms with Crippen LogP contribution in [0, 0.1) is 9.49 Å². The summed E-state index contributed by atoms with van der Waals surface area (Å²) in [5.74, 6) is -13.7. The van der Waals surface area contributed by atoms with Gasteiger partial charge in [-0.3, -0.25) is 33.6 Å². The number of aromatic hydroxyl groups is 3. The van der Waals surface area contributed by atoms with Crippen LogP contribution in [-0.2, 0) is 47.8 Å². The van der Waals surface area contributed by atoms with Crippen molar-refractivity contribution in [1.29, 1.82) is 0 Å². The van der Waals surface area contributed by atoms with E-state index < -0.39 is 159 Å². The third-order valence-electron chi connectivity index (χ3n) is 15.4. The molecule has 6 aliphatic heterocycles. The second-order valence-electron chi connectivity index (χ2n) is 22.3. The number of fused-ring (bicyclic) bond motifs is 15. The molecule has 1 fully saturated rings. The van der Waals surface area contributed by atoms with Gasteiger partial charge in [-0.15, -0.1) is 0 Å². The third-order valence-corrected chi connectivity index (χ3v) is 18.0. The summed E-state index contributed by atoms with van der Waals surface area (Å²) in [5, 5.41) is 86.1. The quantitative estimate of drug-likeness (QED) is 0.0535. The van der Waals surface area contributed by atoms with Crippen molar-refractivity contribution in [3.05, 3.63) is 120 Å². The molecule has 90 heavy (non-hydrogen) atoms. The molecule has 0 radical (unpaired) electrons. The molecule has 5 aromatic rings. The van der Waals surface area contributed by atoms with Crippen LogP contribution >= 0.6 is 68.4 Å². The Morgan fingerprint density at radius 2 is 1.37 bits per heavy atom. The standard InChI is InChI=1S/C59H61Cl2I2N9O18/c1-21(2)11-33(66-4)52(79)71-46-48(76)24-6-9-36(30(60)13-24)88-38-15-26-16-39(49(38)77)89-37-10-7-25(14-31(37)61)50(90-41-20-59(63,65)51(78)22(3)87-41)47-57(84)70-45(58(85)86)29-17-27(73)18-35(74)42(29)28-12-23(5-8-32(28)62)43(54(81)72-47)69-55(82)44(26)68-53(80)34(19-40(64)75)67-56(46)83/h5-10,12-18,21-22,33-34,41,43-48,50-51,66,73-74,76-78H,11,19-20,65H2,1-4H3,(H2,64,75)(H,67,83)(H,68,80)(H,69,82)(H,70,84)(H,71,79)(H,72,81)(H,85,86)/t22-,33+,34-,41-,43+,44+,45-,46+,47-,48+,50+,51-,59?/m0/s1. The van der Waals surface area contributed by atoms with Crippen molar-refractivity contribution in [3.8, 4) is 51.4 Å². The van der Waals surface area contributed by atoms with Gasteiger partial charge in [0.15, 0.2) is 23.8 Å². The second kappa shape index (κ2) is 27.2. The van der Waals surface area contributed by atoms with Crippen LogP contribution in [0.4, 0.5) is 0 Å². The minimum atomic E-state index is -2.15. The Morgan fingerprint density at radius 1 is 0.767 bits per heavy atom. The molecule has 17 N–H and O–H groups in total. The zero-order chi connectivity index (χ0) is 65.5. The summed E-state index contributed by atoms with van der Waals surface area (Å²) >= 11 is 17.6. The van der Waals surface area contributed by atoms with Gasteiger partial charge < -0.3 is 98.3 Å². The average molecular weight is 1510 g/mol. The van der Waals surface area contributed by atoms with Crippen LogP contribution in [0.3, 0.4) is 0 Å². The number of benzene rings is 5. The number of hydrogen-bond acceptors (Lipinski definition) is 19. The van der Waals surface area contributed by atoms with Gasteiger partial charge in [-0.25, -0.2) is 4.79 Å². The number of ether oxygens (including phenoxy) is 4. The molecule has 0 aliphatic carbocycles. The van der Waals surface area contributed by atoms with Gasteiger partial charge in [-0.1, -0.05) is 77.8 Å². The molecule has 5 aromatic carbocycles. The number of aliphatic carboxylic acids is 1. The van der Waals surface area contributed by atoms with Crippen molar-refractivity contribution in [1.82, 2.24) is 37.2 Å². The summed E-state index contributed by atoms with van der Waals surface area (Å²) in [6.07, 6.45) is -8.40. The monoisotopic (exact) mass is 1510 g/mol. The Morgan fingerprint density at radius 3 is 1.97 bits per heavy atom. The number of nitrogens with one attached hydrogen (secondary N) is 7. The molecule has 0 spiro atoms. The van der Waals surface area contributed by atoms with Gasteiger partial charge in [0.05, 0.1) is 28.6 Å². The summed E-state index contributed by atoms with van der Waals surface area (Å²) in [4.78, 5) is 117. The lowest BCUT2D eigenvalue weighted by Crippen LogP contribution is -2.60. The molecule has 11 bridgehead atoms. The lowest BCUT2D eigenvalue weighted by Gasteiger charge is -2.43. The maximum atomic E-state index is 15.8. The zero-order valence-electron chi connectivity index (χ0n) is 47.9. The van der Waals surface area contributed by atoms with Crippen LogP contribution < -0.4 is 58.2 Å². The number of phenolic OH excluding ortho intramolecular Hbond substituents is 3. The molecule has 13 atom stereocenters. The number of carboxylic acids is 1. The minimum Gasteiger partial charge on any atom is -0.508 e. The van der Waals surface area contributed by atoms with Crippen LogP contribution in [0.25, 0.3) is 11.1 Å². The number of halogens is 4. The summed E-state index contributed by atoms with van der Waals surface area (Å²) in [7, 11) is 1.51. The van der Waals surface area contributed by atoms with Gasteiger partial charge in [-0.05, 0) is 131 Å². The Balaban J connectivity index is 1.29. The molecule has 31 heteroatoms. The summed E-state index contributed by atoms with van der Waals surface area (Å²) in [6.45, 7) is 5.20. The van der Waals surface area contributed by atoms with E-state index in [1.165, 1.54) is 68.6 Å². The van der Waals surface area contributed by atoms with Crippen molar-refractivity contribution in [3.63, 3.8) is 0 Å². The molecule has 6 heterocycles. The van der Waals surface area contributed by atoms with E-state index in [0.717, 1.165) is 24.3 Å². The summed E-state index contributed by atoms with van der Waals surface area (Å²) < 4.78 is 24.1. The zero-order valence-corrected chi connectivity index (χ0v) is 53.7. The number of carbonyl (C=O) groups is 8. The van der Waals surface area contributed by atoms with E-state index in [4.69, 9.17) is 53.6 Å². The van der Waals surface area contributed by atoms with Gasteiger partial charge in [0.1, 0.15) is 75.1 Å². The fourth-order valence-electron chi connectivity index (χ4n) is 10.8. The highest BCUT2D eigenvalue weighted by atomic mass is 127. The van der Waals surface area contributed by atoms with Crippen molar-refractivity contribution < 1.29 is 87.9 Å². The Labute approximate surface area is 549 Å². The minimum absolute atomic E-state index is 0.0102. The fourth-order valence-corrected chi connectivity index (χ4v) is 12.8. The topological polar surface area (TPSA) is 431 Å². The molecule has 0 saturated carbocycles. The van der Waals surface area contributed by atoms with E-state index in [0.29, 0.717) is 3.57 Å². The number of primary amides is 1. The first-order chi connectivity index (χ1) is 42.4. The fraction of sp³-hybridized carbons (Fsp3) is 0.356. The van der Waals surface area contributed by atoms with Crippen molar-refractivity contribution >= 4 is 116 Å². The number of phenols is 3. The number of aliphatic hydroxyl groups excluding tert-OH is 2. The van der Waals surface area contributed by atoms with Crippen LogP contribution in [0.2, 0.25) is 10.0 Å². The van der Waals surface area contributed by atoms with Crippen LogP contribution in [0.5, 0.6) is 40.2 Å². The number of nitrogens with two attached hydrogens (primary N) is 2. The lowest BCUT2D eigenvalue weighted by molar-refractivity contribution is -0.245. The Bertz CT molecular complexity index is 3730. The van der Waals surface area contributed by atoms with Gasteiger partial charge in [-0.2, -0.15) is 0 Å². The Kier molecular flexibility index (Phi) is 20.3. The third kappa shape index (κ3) is 14.4. The maximum Gasteiger partial charge on any atom is 0.330 e. The van der Waals surface area contributed by atoms with Crippen molar-refractivity contribution in [2.45, 2.75) is 117 Å². The summed E-state index contributed by atoms with van der Waals surface area (Å²) in [6, 6.07) is 2.47. The van der Waals surface area contributed by atoms with E-state index in [1.54, 1.807) is 0 Å². The van der Waals surface area contributed by atoms with Crippen LogP contribution in [0.1, 0.15) is 98.2 Å². The number of carboxylic acid groups (broad SMARTS) is 1. The first-order valence-electron chi connectivity index (χ1n) is 27.8. The van der Waals surface area contributed by atoms with E-state index in [-0.39, 0.29) is 79.2 Å². The first kappa shape index (κ1) is 67.1. The molecular weight excluding hydrogens is 1450 g/mol. The molecule has 6 aliphatic rings. The van der Waals surface area contributed by atoms with E-state index in [9.17, 15) is 49.8 Å². The number of hydrogen-bond donors (Lipinski definition) is 15. The lowest BCUT2D eigenvalue weighted by atomic mass is 9.90. The van der Waals surface area contributed by atoms with Gasteiger partial charge in [0.25, 0.3) is 0 Å². The highest BCUT2D eigenvalue weighted by Crippen LogP contribution is 2.48. The van der Waals surface area contributed by atoms with E-state index in [1.807, 2.05) is 59.0 Å². The SMILES string of the molecule is CN[C@H](CC(C)C)C(=O)N[C@H]1C(=O)N[C@@H](CC(N)=O)C(=O)N[C@H]2C(=O)N[C@H]3C(=O)N[C@H](C(=O)N[C@H](C(=O)O)c4cc(O)cc(O)c4-c4cc3ccc4I)[C@H](O[C@H]3CC(N)(I)[C@@H](O)[C@H](C)O3)c3ccc(c(Cl)c3)Oc3cc2cc(c3O)Oc2ccc(cc2Cl)[C@H]1O. The van der Waals surface area contributed by atoms with Gasteiger partial charge in [0.2, 0.25) is 47.1 Å². The molecule has 0 aromatic heterocycles. The molecule has 7 amide bonds. The number of carbonyl (C=O) groups excluding carboxylic acids is 7. The predicted molar refractivity (Wildman–Crippen MR) is 336 cm³/mol. The number of likely N-dealkylation sites (N-methyl/N-ethyl adjacent to an activating group) is 1. The molecule has 1 saturated heterocycles. The van der Waals surface area contributed by atoms with Crippen molar-refractivity contribution in [2.75, 3.05) is 7.05 Å². The smallest absolute Gasteiger partial charge is 0.330 e. The van der Waals surface area contributed by atoms with Gasteiger partial charge >= 0.3 is 5.97 Å². The molecular formula is C59H61Cl2I2N9O18. The number of amides is 7. The predicted octanol–water partition coefficient (Wildman–Crippen LogP) is 3.90. The number of alkyl halides is 1. The molecule has 11 rings (SSSR count). The summed E-state index contributed by atoms with van der Waals surface area (Å²) in [5.41, 5.74) is 11.1. The highest BCUT2D eigenvalue weighted by Gasteiger charge is 2.48. The number of aliphatic hydroxyl groups is 2. The normalized spacial score (nSPS) is 26.4. The average Bonchev–Trinajstić information content (AvgIpc) is 0.826.